The average molecular weight is 500 g/mol. The molecule has 37 heavy (non-hydrogen) atoms. The zero-order valence-electron chi connectivity index (χ0n) is 20.9. The number of pyridine rings is 1. The largest absolute Gasteiger partial charge is 0.497 e. The number of primary amides is 1. The topological polar surface area (TPSA) is 93.1 Å². The maximum Gasteiger partial charge on any atom is 0.231 e. The van der Waals surface area contributed by atoms with Crippen molar-refractivity contribution in [3.8, 4) is 40.0 Å². The lowest BCUT2D eigenvalue weighted by atomic mass is 9.82. The summed E-state index contributed by atoms with van der Waals surface area (Å²) in [6.45, 7) is 0.898. The van der Waals surface area contributed by atoms with Gasteiger partial charge in [0.1, 0.15) is 5.75 Å². The number of aromatic nitrogens is 1. The van der Waals surface area contributed by atoms with Crippen LogP contribution in [0.25, 0.3) is 22.0 Å². The summed E-state index contributed by atoms with van der Waals surface area (Å²) in [4.78, 5) is 13.2. The number of carbonyl (C=O) groups is 1. The minimum absolute atomic E-state index is 0.190. The van der Waals surface area contributed by atoms with Crippen molar-refractivity contribution in [1.29, 1.82) is 0 Å². The first-order valence-corrected chi connectivity index (χ1v) is 12.0. The summed E-state index contributed by atoms with van der Waals surface area (Å²) >= 11 is 0. The van der Waals surface area contributed by atoms with Crippen molar-refractivity contribution in [2.24, 2.45) is 5.73 Å². The number of ether oxygens (including phenoxy) is 5. The maximum atomic E-state index is 13.2. The van der Waals surface area contributed by atoms with Crippen LogP contribution in [0.2, 0.25) is 0 Å². The highest BCUT2D eigenvalue weighted by molar-refractivity contribution is 6.00. The molecule has 8 heteroatoms. The summed E-state index contributed by atoms with van der Waals surface area (Å²) in [6.07, 6.45) is 2.86. The van der Waals surface area contributed by atoms with E-state index in [0.29, 0.717) is 29.5 Å². The van der Waals surface area contributed by atoms with Crippen LogP contribution in [0.1, 0.15) is 22.6 Å². The van der Waals surface area contributed by atoms with Crippen molar-refractivity contribution in [2.45, 2.75) is 18.9 Å². The van der Waals surface area contributed by atoms with Crippen molar-refractivity contribution in [3.05, 3.63) is 71.4 Å². The molecular formula is C29H27N2O6+. The van der Waals surface area contributed by atoms with Crippen LogP contribution in [0.4, 0.5) is 0 Å². The minimum atomic E-state index is -0.731. The standard InChI is InChI=1S/C29H26N2O6/c1-33-18-6-4-16(5-7-18)25(29(30)32)26-19-8-9-22(34-2)28(35-3)21(19)14-31-11-10-17-12-23-24(37-15-36-23)13-20(17)27(26)31/h4-9,12-14,25H,10-11,15H2,1-3H3,(H-,30,32)/p+1. The van der Waals surface area contributed by atoms with E-state index in [1.807, 2.05) is 48.5 Å². The number of methoxy groups -OCH3 is 3. The third kappa shape index (κ3) is 3.59. The summed E-state index contributed by atoms with van der Waals surface area (Å²) in [6, 6.07) is 15.3. The maximum absolute atomic E-state index is 13.2. The Morgan fingerprint density at radius 3 is 2.38 bits per heavy atom. The fraction of sp³-hybridized carbons (Fsp3) is 0.241. The number of hydrogen-bond donors (Lipinski definition) is 1. The number of benzene rings is 3. The molecule has 4 aromatic rings. The van der Waals surface area contributed by atoms with Crippen LogP contribution in [0, 0.1) is 0 Å². The van der Waals surface area contributed by atoms with Crippen LogP contribution in [0.15, 0.2) is 54.7 Å². The number of carbonyl (C=O) groups excluding carboxylic acids is 1. The predicted octanol–water partition coefficient (Wildman–Crippen LogP) is 3.72. The summed E-state index contributed by atoms with van der Waals surface area (Å²) < 4.78 is 30.3. The van der Waals surface area contributed by atoms with Gasteiger partial charge in [0.15, 0.2) is 35.7 Å². The third-order valence-corrected chi connectivity index (χ3v) is 7.20. The predicted molar refractivity (Wildman–Crippen MR) is 137 cm³/mol. The summed E-state index contributed by atoms with van der Waals surface area (Å²) in [5.41, 5.74) is 10.8. The molecule has 3 aromatic carbocycles. The molecule has 1 aromatic heterocycles. The van der Waals surface area contributed by atoms with Gasteiger partial charge in [-0.2, -0.15) is 4.57 Å². The highest BCUT2D eigenvalue weighted by Gasteiger charge is 2.37. The number of hydrogen-bond acceptors (Lipinski definition) is 6. The van der Waals surface area contributed by atoms with Gasteiger partial charge in [0.05, 0.1) is 38.2 Å². The van der Waals surface area contributed by atoms with Gasteiger partial charge in [0, 0.05) is 17.4 Å². The fourth-order valence-electron chi connectivity index (χ4n) is 5.51. The zero-order valence-corrected chi connectivity index (χ0v) is 20.9. The fourth-order valence-corrected chi connectivity index (χ4v) is 5.51. The monoisotopic (exact) mass is 499 g/mol. The van der Waals surface area contributed by atoms with Crippen LogP contribution < -0.4 is 34.0 Å². The van der Waals surface area contributed by atoms with E-state index >= 15 is 0 Å². The number of fused-ring (bicyclic) bond motifs is 5. The second-order valence-electron chi connectivity index (χ2n) is 9.07. The molecule has 1 atom stereocenters. The molecule has 188 valence electrons. The van der Waals surface area contributed by atoms with Crippen LogP contribution >= 0.6 is 0 Å². The number of amides is 1. The van der Waals surface area contributed by atoms with E-state index in [0.717, 1.165) is 50.9 Å². The second-order valence-corrected chi connectivity index (χ2v) is 9.07. The second kappa shape index (κ2) is 8.89. The summed E-state index contributed by atoms with van der Waals surface area (Å²) in [7, 11) is 4.84. The minimum Gasteiger partial charge on any atom is -0.497 e. The smallest absolute Gasteiger partial charge is 0.231 e. The van der Waals surface area contributed by atoms with Crippen molar-refractivity contribution < 1.29 is 33.0 Å². The molecule has 0 radical (unpaired) electrons. The Bertz CT molecular complexity index is 1550. The lowest BCUT2D eigenvalue weighted by Gasteiger charge is -2.24. The van der Waals surface area contributed by atoms with Gasteiger partial charge in [0.2, 0.25) is 18.4 Å². The SMILES string of the molecule is COc1ccc(C(C(N)=O)c2c3[n+](cc4c(OC)c(OC)ccc24)CCc2cc4c(cc2-3)OCO4)cc1. The third-order valence-electron chi connectivity index (χ3n) is 7.20. The van der Waals surface area contributed by atoms with E-state index in [2.05, 4.69) is 10.8 Å². The Labute approximate surface area is 214 Å². The van der Waals surface area contributed by atoms with Crippen molar-refractivity contribution >= 4 is 16.7 Å². The molecule has 2 N–H and O–H groups in total. The van der Waals surface area contributed by atoms with Gasteiger partial charge in [0.25, 0.3) is 0 Å². The van der Waals surface area contributed by atoms with E-state index in [9.17, 15) is 4.79 Å². The van der Waals surface area contributed by atoms with Crippen LogP contribution in [-0.2, 0) is 17.8 Å². The molecule has 3 heterocycles. The van der Waals surface area contributed by atoms with Gasteiger partial charge in [-0.15, -0.1) is 0 Å². The van der Waals surface area contributed by atoms with Gasteiger partial charge in [-0.1, -0.05) is 12.1 Å². The molecule has 0 saturated carbocycles. The molecule has 8 nitrogen and oxygen atoms in total. The van der Waals surface area contributed by atoms with Crippen molar-refractivity contribution in [2.75, 3.05) is 28.1 Å². The Morgan fingerprint density at radius 1 is 0.946 bits per heavy atom. The van der Waals surface area contributed by atoms with Gasteiger partial charge < -0.3 is 29.4 Å². The molecule has 0 saturated heterocycles. The van der Waals surface area contributed by atoms with E-state index in [4.69, 9.17) is 29.4 Å². The van der Waals surface area contributed by atoms with Gasteiger partial charge >= 0.3 is 0 Å². The number of nitrogens with zero attached hydrogens (tertiary/aromatic N) is 1. The molecule has 1 unspecified atom stereocenters. The highest BCUT2D eigenvalue weighted by Crippen LogP contribution is 2.46. The summed E-state index contributed by atoms with van der Waals surface area (Å²) in [5.74, 6) is 2.15. The molecule has 0 aliphatic carbocycles. The highest BCUT2D eigenvalue weighted by atomic mass is 16.7. The Hall–Kier alpha value is -4.46. The quantitative estimate of drug-likeness (QED) is 0.407. The average Bonchev–Trinajstić information content (AvgIpc) is 3.38. The zero-order chi connectivity index (χ0) is 25.7. The molecule has 0 bridgehead atoms. The molecule has 1 amide bonds. The first-order chi connectivity index (χ1) is 18.0. The lowest BCUT2D eigenvalue weighted by molar-refractivity contribution is -0.686. The van der Waals surface area contributed by atoms with Crippen molar-refractivity contribution in [3.63, 3.8) is 0 Å². The van der Waals surface area contributed by atoms with E-state index in [-0.39, 0.29) is 6.79 Å². The van der Waals surface area contributed by atoms with E-state index < -0.39 is 11.8 Å². The molecule has 0 spiro atoms. The Kier molecular flexibility index (Phi) is 5.52. The first-order valence-electron chi connectivity index (χ1n) is 12.0. The van der Waals surface area contributed by atoms with Crippen molar-refractivity contribution in [1.82, 2.24) is 0 Å². The van der Waals surface area contributed by atoms with E-state index in [1.165, 1.54) is 0 Å². The normalized spacial score (nSPS) is 14.0. The van der Waals surface area contributed by atoms with Gasteiger partial charge in [-0.25, -0.2) is 0 Å². The number of nitrogens with two attached hydrogens (primary N) is 1. The first kappa shape index (κ1) is 23.0. The molecule has 0 fully saturated rings. The van der Waals surface area contributed by atoms with E-state index in [1.54, 1.807) is 21.3 Å². The Balaban J connectivity index is 1.71. The van der Waals surface area contributed by atoms with Crippen LogP contribution in [0.3, 0.4) is 0 Å². The summed E-state index contributed by atoms with van der Waals surface area (Å²) in [5, 5.41) is 1.69. The lowest BCUT2D eigenvalue weighted by Crippen LogP contribution is -2.42. The molecule has 2 aliphatic rings. The number of aryl methyl sites for hydroxylation is 2. The molecular weight excluding hydrogens is 472 g/mol. The van der Waals surface area contributed by atoms with Gasteiger partial charge in [-0.3, -0.25) is 4.79 Å². The van der Waals surface area contributed by atoms with Crippen LogP contribution in [-0.4, -0.2) is 34.0 Å². The Morgan fingerprint density at radius 2 is 1.70 bits per heavy atom. The molecule has 2 aliphatic heterocycles. The van der Waals surface area contributed by atoms with Gasteiger partial charge in [-0.05, 0) is 47.5 Å². The molecule has 6 rings (SSSR count). The number of rotatable bonds is 6. The van der Waals surface area contributed by atoms with Crippen LogP contribution in [0.5, 0.6) is 28.7 Å².